The number of nitrogens with zero attached hydrogens (tertiary/aromatic N) is 3. The van der Waals surface area contributed by atoms with Crippen molar-refractivity contribution >= 4 is 17.7 Å². The maximum absolute atomic E-state index is 11.0. The van der Waals surface area contributed by atoms with E-state index in [-0.39, 0.29) is 18.4 Å². The lowest BCUT2D eigenvalue weighted by Gasteiger charge is -2.26. The first-order valence-corrected chi connectivity index (χ1v) is 9.75. The molecule has 8 nitrogen and oxygen atoms in total. The van der Waals surface area contributed by atoms with Gasteiger partial charge in [-0.15, -0.1) is 0 Å². The van der Waals surface area contributed by atoms with E-state index in [4.69, 9.17) is 15.6 Å². The number of benzene rings is 1. The first kappa shape index (κ1) is 22.4. The predicted octanol–water partition coefficient (Wildman–Crippen LogP) is 3.37. The Kier molecular flexibility index (Phi) is 7.78. The van der Waals surface area contributed by atoms with Crippen LogP contribution in [-0.2, 0) is 17.6 Å². The van der Waals surface area contributed by atoms with Gasteiger partial charge in [-0.05, 0) is 37.5 Å². The Morgan fingerprint density at radius 2 is 2.07 bits per heavy atom. The van der Waals surface area contributed by atoms with Crippen LogP contribution in [0.4, 0.5) is 11.8 Å². The topological polar surface area (TPSA) is 122 Å². The van der Waals surface area contributed by atoms with Crippen molar-refractivity contribution in [2.24, 2.45) is 0 Å². The van der Waals surface area contributed by atoms with Crippen molar-refractivity contribution in [1.82, 2.24) is 9.97 Å². The van der Waals surface area contributed by atoms with Crippen LogP contribution < -0.4 is 15.5 Å². The highest BCUT2D eigenvalue weighted by Gasteiger charge is 2.21. The van der Waals surface area contributed by atoms with Crippen LogP contribution in [0.2, 0.25) is 0 Å². The van der Waals surface area contributed by atoms with E-state index in [1.54, 1.807) is 19.2 Å². The molecule has 158 valence electrons. The number of hydrogen-bond acceptors (Lipinski definition) is 7. The van der Waals surface area contributed by atoms with Gasteiger partial charge in [0.15, 0.2) is 5.82 Å². The van der Waals surface area contributed by atoms with Crippen molar-refractivity contribution in [2.45, 2.75) is 58.9 Å². The number of methoxy groups -OCH3 is 1. The SMILES string of the molecule is CCCCC(C)N(O)c1nc(N)nc(C)c1Cc1ccc(CC(=O)O)cc1OC. The quantitative estimate of drug-likeness (QED) is 0.517. The average molecular weight is 402 g/mol. The summed E-state index contributed by atoms with van der Waals surface area (Å²) in [5.41, 5.74) is 8.75. The van der Waals surface area contributed by atoms with E-state index in [2.05, 4.69) is 16.9 Å². The lowest BCUT2D eigenvalue weighted by molar-refractivity contribution is -0.136. The fraction of sp³-hybridized carbons (Fsp3) is 0.476. The van der Waals surface area contributed by atoms with Gasteiger partial charge in [-0.25, -0.2) is 10.0 Å². The van der Waals surface area contributed by atoms with E-state index < -0.39 is 5.97 Å². The number of nitrogens with two attached hydrogens (primary N) is 1. The number of aryl methyl sites for hydroxylation is 1. The summed E-state index contributed by atoms with van der Waals surface area (Å²) in [6.07, 6.45) is 3.19. The van der Waals surface area contributed by atoms with Gasteiger partial charge in [-0.2, -0.15) is 4.98 Å². The molecule has 1 atom stereocenters. The van der Waals surface area contributed by atoms with Crippen LogP contribution in [0.25, 0.3) is 0 Å². The number of carboxylic acid groups (broad SMARTS) is 1. The first-order valence-electron chi connectivity index (χ1n) is 9.75. The Morgan fingerprint density at radius 3 is 2.69 bits per heavy atom. The van der Waals surface area contributed by atoms with Gasteiger partial charge in [0, 0.05) is 17.7 Å². The molecule has 8 heteroatoms. The Bertz CT molecular complexity index is 857. The smallest absolute Gasteiger partial charge is 0.307 e. The zero-order valence-electron chi connectivity index (χ0n) is 17.5. The van der Waals surface area contributed by atoms with Gasteiger partial charge in [0.1, 0.15) is 5.75 Å². The van der Waals surface area contributed by atoms with Crippen molar-refractivity contribution in [2.75, 3.05) is 17.9 Å². The summed E-state index contributed by atoms with van der Waals surface area (Å²) >= 11 is 0. The molecule has 0 aliphatic heterocycles. The number of rotatable bonds is 10. The van der Waals surface area contributed by atoms with Gasteiger partial charge in [0.05, 0.1) is 19.6 Å². The Balaban J connectivity index is 2.41. The van der Waals surface area contributed by atoms with Crippen molar-refractivity contribution in [3.63, 3.8) is 0 Å². The highest BCUT2D eigenvalue weighted by atomic mass is 16.5. The van der Waals surface area contributed by atoms with E-state index in [0.29, 0.717) is 29.2 Å². The number of unbranched alkanes of at least 4 members (excludes halogenated alkanes) is 1. The lowest BCUT2D eigenvalue weighted by Crippen LogP contribution is -2.32. The third kappa shape index (κ3) is 5.80. The van der Waals surface area contributed by atoms with Crippen LogP contribution >= 0.6 is 0 Å². The third-order valence-corrected chi connectivity index (χ3v) is 4.89. The first-order chi connectivity index (χ1) is 13.8. The van der Waals surface area contributed by atoms with E-state index in [9.17, 15) is 10.0 Å². The summed E-state index contributed by atoms with van der Waals surface area (Å²) in [4.78, 5) is 19.5. The molecule has 0 aliphatic rings. The second-order valence-corrected chi connectivity index (χ2v) is 7.20. The number of aromatic nitrogens is 2. The van der Waals surface area contributed by atoms with Gasteiger partial charge in [-0.3, -0.25) is 10.0 Å². The number of ether oxygens (including phenoxy) is 1. The fourth-order valence-electron chi connectivity index (χ4n) is 3.24. The van der Waals surface area contributed by atoms with Gasteiger partial charge in [0.25, 0.3) is 0 Å². The Morgan fingerprint density at radius 1 is 1.34 bits per heavy atom. The fourth-order valence-corrected chi connectivity index (χ4v) is 3.24. The monoisotopic (exact) mass is 402 g/mol. The predicted molar refractivity (Wildman–Crippen MR) is 112 cm³/mol. The second kappa shape index (κ2) is 10.1. The number of hydrogen-bond donors (Lipinski definition) is 3. The van der Waals surface area contributed by atoms with Crippen LogP contribution in [-0.4, -0.2) is 39.4 Å². The summed E-state index contributed by atoms with van der Waals surface area (Å²) in [5.74, 6) is 0.165. The Labute approximate surface area is 171 Å². The van der Waals surface area contributed by atoms with Crippen LogP contribution in [0.5, 0.6) is 5.75 Å². The second-order valence-electron chi connectivity index (χ2n) is 7.20. The number of nitrogen functional groups attached to an aromatic ring is 1. The number of aliphatic carboxylic acids is 1. The van der Waals surface area contributed by atoms with Gasteiger partial charge < -0.3 is 15.6 Å². The summed E-state index contributed by atoms with van der Waals surface area (Å²) in [7, 11) is 1.54. The molecule has 0 bridgehead atoms. The van der Waals surface area contributed by atoms with Gasteiger partial charge >= 0.3 is 5.97 Å². The molecule has 0 aliphatic carbocycles. The largest absolute Gasteiger partial charge is 0.496 e. The zero-order valence-corrected chi connectivity index (χ0v) is 17.5. The van der Waals surface area contributed by atoms with Gasteiger partial charge in [0.2, 0.25) is 5.95 Å². The van der Waals surface area contributed by atoms with Crippen LogP contribution in [0.3, 0.4) is 0 Å². The molecule has 1 unspecified atom stereocenters. The number of anilines is 2. The molecule has 0 saturated carbocycles. The van der Waals surface area contributed by atoms with Crippen LogP contribution in [0, 0.1) is 6.92 Å². The molecular weight excluding hydrogens is 372 g/mol. The maximum Gasteiger partial charge on any atom is 0.307 e. The minimum atomic E-state index is -0.901. The molecule has 1 heterocycles. The molecule has 0 spiro atoms. The average Bonchev–Trinajstić information content (AvgIpc) is 2.67. The molecule has 29 heavy (non-hydrogen) atoms. The van der Waals surface area contributed by atoms with E-state index in [1.807, 2.05) is 19.9 Å². The van der Waals surface area contributed by atoms with Crippen molar-refractivity contribution in [1.29, 1.82) is 0 Å². The molecule has 0 amide bonds. The minimum absolute atomic E-state index is 0.0781. The van der Waals surface area contributed by atoms with E-state index in [0.717, 1.165) is 30.4 Å². The molecule has 1 aromatic heterocycles. The molecule has 1 aromatic carbocycles. The Hall–Kier alpha value is -2.87. The zero-order chi connectivity index (χ0) is 21.6. The summed E-state index contributed by atoms with van der Waals surface area (Å²) in [5, 5.41) is 21.0. The normalized spacial score (nSPS) is 11.9. The highest BCUT2D eigenvalue weighted by molar-refractivity contribution is 5.70. The van der Waals surface area contributed by atoms with Crippen molar-refractivity contribution in [3.05, 3.63) is 40.6 Å². The van der Waals surface area contributed by atoms with Crippen LogP contribution in [0.15, 0.2) is 18.2 Å². The minimum Gasteiger partial charge on any atom is -0.496 e. The molecule has 4 N–H and O–H groups in total. The van der Waals surface area contributed by atoms with Gasteiger partial charge in [-0.1, -0.05) is 31.9 Å². The summed E-state index contributed by atoms with van der Waals surface area (Å²) in [6.45, 7) is 5.87. The van der Waals surface area contributed by atoms with Crippen molar-refractivity contribution < 1.29 is 19.8 Å². The molecular formula is C21H30N4O4. The molecule has 0 saturated heterocycles. The summed E-state index contributed by atoms with van der Waals surface area (Å²) < 4.78 is 5.47. The molecule has 2 rings (SSSR count). The van der Waals surface area contributed by atoms with E-state index in [1.165, 1.54) is 5.06 Å². The standard InChI is InChI=1S/C21H30N4O4/c1-5-6-7-13(2)25(28)20-17(14(3)23-21(22)24-20)12-16-9-8-15(11-19(26)27)10-18(16)29-4/h8-10,13,28H,5-7,11-12H2,1-4H3,(H,26,27)(H2,22,23,24). The summed E-state index contributed by atoms with van der Waals surface area (Å²) in [6, 6.07) is 5.19. The number of carboxylic acids is 1. The number of carbonyl (C=O) groups is 1. The maximum atomic E-state index is 11.0. The van der Waals surface area contributed by atoms with E-state index >= 15 is 0 Å². The van der Waals surface area contributed by atoms with Crippen molar-refractivity contribution in [3.8, 4) is 5.75 Å². The third-order valence-electron chi connectivity index (χ3n) is 4.89. The number of hydroxylamine groups is 1. The van der Waals surface area contributed by atoms with Crippen LogP contribution in [0.1, 0.15) is 55.5 Å². The lowest BCUT2D eigenvalue weighted by atomic mass is 10.00. The molecule has 0 radical (unpaired) electrons. The molecule has 2 aromatic rings. The highest BCUT2D eigenvalue weighted by Crippen LogP contribution is 2.30. The molecule has 0 fully saturated rings.